The standard InChI is InChI=1S/C21H18FNO3/c1-2-23(17-10-8-16(22)9-11-17)21(25)14-26-20-12-7-15-5-3-4-6-18(15)19(20)13-24/h3-13H,2,14H2,1H3. The fourth-order valence-electron chi connectivity index (χ4n) is 2.86. The van der Waals surface area contributed by atoms with Crippen LogP contribution >= 0.6 is 0 Å². The maximum Gasteiger partial charge on any atom is 0.264 e. The van der Waals surface area contributed by atoms with E-state index in [1.807, 2.05) is 37.3 Å². The van der Waals surface area contributed by atoms with Gasteiger partial charge in [0.2, 0.25) is 0 Å². The number of carbonyl (C=O) groups is 2. The van der Waals surface area contributed by atoms with Gasteiger partial charge in [-0.25, -0.2) is 4.39 Å². The minimum atomic E-state index is -0.361. The molecule has 0 aliphatic rings. The molecule has 3 aromatic rings. The molecule has 0 fully saturated rings. The zero-order chi connectivity index (χ0) is 18.5. The molecule has 0 spiro atoms. The average Bonchev–Trinajstić information content (AvgIpc) is 2.67. The highest BCUT2D eigenvalue weighted by molar-refractivity contribution is 6.01. The van der Waals surface area contributed by atoms with Crippen molar-refractivity contribution in [2.45, 2.75) is 6.92 Å². The Hall–Kier alpha value is -3.21. The van der Waals surface area contributed by atoms with Crippen LogP contribution in [0.4, 0.5) is 10.1 Å². The van der Waals surface area contributed by atoms with Crippen LogP contribution in [-0.2, 0) is 4.79 Å². The van der Waals surface area contributed by atoms with Crippen molar-refractivity contribution in [3.05, 3.63) is 72.0 Å². The molecule has 3 aromatic carbocycles. The molecule has 0 radical (unpaired) electrons. The van der Waals surface area contributed by atoms with E-state index in [2.05, 4.69) is 0 Å². The highest BCUT2D eigenvalue weighted by Crippen LogP contribution is 2.26. The van der Waals surface area contributed by atoms with E-state index in [9.17, 15) is 14.0 Å². The van der Waals surface area contributed by atoms with Gasteiger partial charge in [-0.15, -0.1) is 0 Å². The smallest absolute Gasteiger partial charge is 0.264 e. The maximum absolute atomic E-state index is 13.1. The largest absolute Gasteiger partial charge is 0.483 e. The summed E-state index contributed by atoms with van der Waals surface area (Å²) < 4.78 is 18.7. The van der Waals surface area contributed by atoms with Crippen LogP contribution in [0.2, 0.25) is 0 Å². The first-order valence-electron chi connectivity index (χ1n) is 8.29. The van der Waals surface area contributed by atoms with Gasteiger partial charge in [-0.1, -0.05) is 30.3 Å². The van der Waals surface area contributed by atoms with Gasteiger partial charge >= 0.3 is 0 Å². The van der Waals surface area contributed by atoms with Crippen molar-refractivity contribution in [1.82, 2.24) is 0 Å². The van der Waals surface area contributed by atoms with Gasteiger partial charge in [0, 0.05) is 12.2 Å². The van der Waals surface area contributed by atoms with Crippen LogP contribution in [0.1, 0.15) is 17.3 Å². The number of anilines is 1. The number of amides is 1. The van der Waals surface area contributed by atoms with Crippen molar-refractivity contribution in [2.75, 3.05) is 18.1 Å². The molecule has 0 atom stereocenters. The van der Waals surface area contributed by atoms with Gasteiger partial charge in [0.05, 0.1) is 5.56 Å². The van der Waals surface area contributed by atoms with Crippen LogP contribution < -0.4 is 9.64 Å². The highest BCUT2D eigenvalue weighted by Gasteiger charge is 2.16. The zero-order valence-electron chi connectivity index (χ0n) is 14.3. The molecule has 0 bridgehead atoms. The highest BCUT2D eigenvalue weighted by atomic mass is 19.1. The Labute approximate surface area is 150 Å². The van der Waals surface area contributed by atoms with Crippen LogP contribution in [0, 0.1) is 5.82 Å². The van der Waals surface area contributed by atoms with Crippen molar-refractivity contribution in [2.24, 2.45) is 0 Å². The van der Waals surface area contributed by atoms with Gasteiger partial charge in [-0.2, -0.15) is 0 Å². The number of likely N-dealkylation sites (N-methyl/N-ethyl adjacent to an activating group) is 1. The minimum Gasteiger partial charge on any atom is -0.483 e. The molecule has 3 rings (SSSR count). The fourth-order valence-corrected chi connectivity index (χ4v) is 2.86. The molecule has 0 aromatic heterocycles. The molecule has 4 nitrogen and oxygen atoms in total. The van der Waals surface area contributed by atoms with Crippen molar-refractivity contribution in [3.8, 4) is 5.75 Å². The van der Waals surface area contributed by atoms with E-state index in [1.165, 1.54) is 17.0 Å². The Bertz CT molecular complexity index is 938. The number of aldehydes is 1. The van der Waals surface area contributed by atoms with E-state index >= 15 is 0 Å². The molecule has 0 unspecified atom stereocenters. The number of nitrogens with zero attached hydrogens (tertiary/aromatic N) is 1. The van der Waals surface area contributed by atoms with Crippen molar-refractivity contribution < 1.29 is 18.7 Å². The van der Waals surface area contributed by atoms with Crippen molar-refractivity contribution >= 4 is 28.7 Å². The summed E-state index contributed by atoms with van der Waals surface area (Å²) in [5.74, 6) is -0.272. The predicted octanol–water partition coefficient (Wildman–Crippen LogP) is 4.22. The SMILES string of the molecule is CCN(C(=O)COc1ccc2ccccc2c1C=O)c1ccc(F)cc1. The van der Waals surface area contributed by atoms with Crippen LogP contribution in [0.25, 0.3) is 10.8 Å². The second-order valence-electron chi connectivity index (χ2n) is 5.72. The number of ether oxygens (including phenoxy) is 1. The third-order valence-corrected chi connectivity index (χ3v) is 4.16. The lowest BCUT2D eigenvalue weighted by atomic mass is 10.0. The predicted molar refractivity (Wildman–Crippen MR) is 99.3 cm³/mol. The summed E-state index contributed by atoms with van der Waals surface area (Å²) in [5, 5.41) is 1.70. The molecule has 0 aliphatic heterocycles. The van der Waals surface area contributed by atoms with E-state index in [1.54, 1.807) is 18.2 Å². The Balaban J connectivity index is 1.79. The Morgan fingerprint density at radius 1 is 1.08 bits per heavy atom. The Morgan fingerprint density at radius 2 is 1.81 bits per heavy atom. The number of rotatable bonds is 6. The zero-order valence-corrected chi connectivity index (χ0v) is 14.3. The monoisotopic (exact) mass is 351 g/mol. The molecule has 132 valence electrons. The number of fused-ring (bicyclic) bond motifs is 1. The van der Waals surface area contributed by atoms with Crippen LogP contribution in [-0.4, -0.2) is 25.3 Å². The van der Waals surface area contributed by atoms with Crippen molar-refractivity contribution in [1.29, 1.82) is 0 Å². The number of benzene rings is 3. The minimum absolute atomic E-state index is 0.218. The number of hydrogen-bond acceptors (Lipinski definition) is 3. The van der Waals surface area contributed by atoms with Gasteiger partial charge < -0.3 is 9.64 Å². The molecule has 0 saturated heterocycles. The summed E-state index contributed by atoms with van der Waals surface area (Å²) in [6.45, 7) is 2.03. The molecule has 26 heavy (non-hydrogen) atoms. The maximum atomic E-state index is 13.1. The summed E-state index contributed by atoms with van der Waals surface area (Å²) in [7, 11) is 0. The van der Waals surface area contributed by atoms with Gasteiger partial charge in [0.25, 0.3) is 5.91 Å². The average molecular weight is 351 g/mol. The van der Waals surface area contributed by atoms with Gasteiger partial charge in [0.1, 0.15) is 11.6 Å². The molecular formula is C21H18FNO3. The van der Waals surface area contributed by atoms with Crippen molar-refractivity contribution in [3.63, 3.8) is 0 Å². The summed E-state index contributed by atoms with van der Waals surface area (Å²) in [6.07, 6.45) is 0.736. The molecule has 1 amide bonds. The quantitative estimate of drug-likeness (QED) is 0.625. The topological polar surface area (TPSA) is 46.6 Å². The first-order chi connectivity index (χ1) is 12.6. The lowest BCUT2D eigenvalue weighted by Gasteiger charge is -2.21. The normalized spacial score (nSPS) is 10.5. The molecule has 0 aliphatic carbocycles. The molecule has 0 saturated carbocycles. The van der Waals surface area contributed by atoms with Gasteiger partial charge in [0.15, 0.2) is 12.9 Å². The van der Waals surface area contributed by atoms with E-state index in [-0.39, 0.29) is 18.3 Å². The summed E-state index contributed by atoms with van der Waals surface area (Å²) in [4.78, 5) is 25.5. The molecule has 0 heterocycles. The van der Waals surface area contributed by atoms with Gasteiger partial charge in [-0.05, 0) is 48.0 Å². The second kappa shape index (κ2) is 7.78. The van der Waals surface area contributed by atoms with E-state index in [0.717, 1.165) is 17.1 Å². The van der Waals surface area contributed by atoms with Crippen LogP contribution in [0.15, 0.2) is 60.7 Å². The Kier molecular flexibility index (Phi) is 5.27. The third kappa shape index (κ3) is 3.57. The van der Waals surface area contributed by atoms with Crippen LogP contribution in [0.3, 0.4) is 0 Å². The summed E-state index contributed by atoms with van der Waals surface area (Å²) in [6, 6.07) is 16.7. The first kappa shape index (κ1) is 17.6. The molecular weight excluding hydrogens is 333 g/mol. The first-order valence-corrected chi connectivity index (χ1v) is 8.29. The van der Waals surface area contributed by atoms with Crippen LogP contribution in [0.5, 0.6) is 5.75 Å². The number of carbonyl (C=O) groups excluding carboxylic acids is 2. The lowest BCUT2D eigenvalue weighted by Crippen LogP contribution is -2.34. The second-order valence-corrected chi connectivity index (χ2v) is 5.72. The summed E-state index contributed by atoms with van der Waals surface area (Å²) in [5.41, 5.74) is 1.01. The van der Waals surface area contributed by atoms with Gasteiger partial charge in [-0.3, -0.25) is 9.59 Å². The lowest BCUT2D eigenvalue weighted by molar-refractivity contribution is -0.120. The Morgan fingerprint density at radius 3 is 2.50 bits per heavy atom. The molecule has 5 heteroatoms. The van der Waals surface area contributed by atoms with E-state index < -0.39 is 0 Å². The fraction of sp³-hybridized carbons (Fsp3) is 0.143. The van der Waals surface area contributed by atoms with E-state index in [4.69, 9.17) is 4.74 Å². The van der Waals surface area contributed by atoms with E-state index in [0.29, 0.717) is 23.5 Å². The molecule has 0 N–H and O–H groups in total. The number of hydrogen-bond donors (Lipinski definition) is 0. The summed E-state index contributed by atoms with van der Waals surface area (Å²) >= 11 is 0. The third-order valence-electron chi connectivity index (χ3n) is 4.16. The number of halogens is 1.